The van der Waals surface area contributed by atoms with Gasteiger partial charge in [-0.15, -0.1) is 0 Å². The monoisotopic (exact) mass is 323 g/mol. The summed E-state index contributed by atoms with van der Waals surface area (Å²) >= 11 is 0. The number of nitrogens with two attached hydrogens (primary N) is 1. The first-order valence-electron chi connectivity index (χ1n) is 7.59. The summed E-state index contributed by atoms with van der Waals surface area (Å²) in [6, 6.07) is 16.7. The molecule has 0 unspecified atom stereocenters. The van der Waals surface area contributed by atoms with Crippen LogP contribution in [0.5, 0.6) is 5.75 Å². The lowest BCUT2D eigenvalue weighted by Crippen LogP contribution is -2.10. The van der Waals surface area contributed by atoms with Crippen LogP contribution >= 0.6 is 0 Å². The Morgan fingerprint density at radius 1 is 1.04 bits per heavy atom. The second-order valence-electron chi connectivity index (χ2n) is 5.27. The Bertz CT molecular complexity index is 798. The molecule has 0 aliphatic heterocycles. The number of rotatable bonds is 7. The molecule has 6 nitrogen and oxygen atoms in total. The lowest BCUT2D eigenvalue weighted by molar-refractivity contribution is 0.1000. The number of ether oxygens (including phenoxy) is 1. The van der Waals surface area contributed by atoms with Crippen molar-refractivity contribution in [3.63, 3.8) is 0 Å². The van der Waals surface area contributed by atoms with Gasteiger partial charge in [-0.2, -0.15) is 4.98 Å². The van der Waals surface area contributed by atoms with Gasteiger partial charge in [-0.05, 0) is 36.2 Å². The Hall–Kier alpha value is -3.15. The van der Waals surface area contributed by atoms with Crippen molar-refractivity contribution < 1.29 is 14.1 Å². The average molecular weight is 323 g/mol. The number of hydrogen-bond acceptors (Lipinski definition) is 5. The van der Waals surface area contributed by atoms with Crippen LogP contribution in [0.3, 0.4) is 0 Å². The quantitative estimate of drug-likeness (QED) is 0.721. The highest BCUT2D eigenvalue weighted by molar-refractivity contribution is 5.92. The molecule has 24 heavy (non-hydrogen) atoms. The summed E-state index contributed by atoms with van der Waals surface area (Å²) in [6.45, 7) is 0.175. The molecule has 6 heteroatoms. The maximum Gasteiger partial charge on any atom is 0.264 e. The van der Waals surface area contributed by atoms with Crippen LogP contribution in [-0.4, -0.2) is 16.0 Å². The van der Waals surface area contributed by atoms with E-state index in [9.17, 15) is 4.79 Å². The van der Waals surface area contributed by atoms with Crippen molar-refractivity contribution in [2.24, 2.45) is 5.73 Å². The molecule has 0 aliphatic carbocycles. The molecule has 0 bridgehead atoms. The predicted octanol–water partition coefficient (Wildman–Crippen LogP) is 2.53. The fraction of sp³-hybridized carbons (Fsp3) is 0.167. The highest BCUT2D eigenvalue weighted by Gasteiger charge is 2.08. The molecule has 0 fully saturated rings. The van der Waals surface area contributed by atoms with E-state index in [1.165, 1.54) is 5.56 Å². The van der Waals surface area contributed by atoms with Gasteiger partial charge >= 0.3 is 0 Å². The van der Waals surface area contributed by atoms with Crippen molar-refractivity contribution >= 4 is 5.91 Å². The molecule has 2 aromatic carbocycles. The Labute approximate surface area is 139 Å². The molecule has 0 saturated carbocycles. The molecular weight excluding hydrogens is 306 g/mol. The summed E-state index contributed by atoms with van der Waals surface area (Å²) in [5.74, 6) is 1.20. The highest BCUT2D eigenvalue weighted by Crippen LogP contribution is 2.14. The number of aromatic nitrogens is 2. The maximum absolute atomic E-state index is 11.0. The zero-order chi connectivity index (χ0) is 16.8. The smallest absolute Gasteiger partial charge is 0.264 e. The van der Waals surface area contributed by atoms with Gasteiger partial charge < -0.3 is 15.0 Å². The normalized spacial score (nSPS) is 10.5. The first-order chi connectivity index (χ1) is 11.7. The van der Waals surface area contributed by atoms with Crippen LogP contribution in [0.2, 0.25) is 0 Å². The van der Waals surface area contributed by atoms with Gasteiger partial charge in [0.05, 0.1) is 0 Å². The number of carbonyl (C=O) groups excluding carboxylic acids is 1. The van der Waals surface area contributed by atoms with Crippen molar-refractivity contribution in [1.82, 2.24) is 10.1 Å². The summed E-state index contributed by atoms with van der Waals surface area (Å²) in [7, 11) is 0. The van der Waals surface area contributed by atoms with Crippen molar-refractivity contribution in [1.29, 1.82) is 0 Å². The van der Waals surface area contributed by atoms with E-state index < -0.39 is 5.91 Å². The van der Waals surface area contributed by atoms with Gasteiger partial charge in [0.25, 0.3) is 5.89 Å². The van der Waals surface area contributed by atoms with E-state index >= 15 is 0 Å². The number of aryl methyl sites for hydroxylation is 2. The molecule has 1 heterocycles. The Morgan fingerprint density at radius 3 is 2.50 bits per heavy atom. The first-order valence-corrected chi connectivity index (χ1v) is 7.59. The Balaban J connectivity index is 1.51. The fourth-order valence-corrected chi connectivity index (χ4v) is 2.21. The third-order valence-electron chi connectivity index (χ3n) is 3.49. The van der Waals surface area contributed by atoms with Gasteiger partial charge in [-0.3, -0.25) is 4.79 Å². The molecule has 0 radical (unpaired) electrons. The van der Waals surface area contributed by atoms with Crippen LogP contribution in [0.4, 0.5) is 0 Å². The van der Waals surface area contributed by atoms with Gasteiger partial charge in [0, 0.05) is 12.0 Å². The molecule has 3 rings (SSSR count). The van der Waals surface area contributed by atoms with Crippen LogP contribution in [0.15, 0.2) is 59.1 Å². The minimum atomic E-state index is -0.471. The van der Waals surface area contributed by atoms with E-state index in [1.54, 1.807) is 24.3 Å². The number of nitrogens with zero attached hydrogens (tertiary/aromatic N) is 2. The lowest BCUT2D eigenvalue weighted by atomic mass is 10.1. The zero-order valence-electron chi connectivity index (χ0n) is 13.0. The molecule has 0 saturated heterocycles. The standard InChI is InChI=1S/C18H17N3O3/c19-18(22)14-7-9-15(10-8-14)23-12-17-20-16(21-24-17)11-6-13-4-2-1-3-5-13/h1-5,7-10H,6,11-12H2,(H2,19,22). The summed E-state index contributed by atoms with van der Waals surface area (Å²) < 4.78 is 10.7. The van der Waals surface area contributed by atoms with E-state index in [-0.39, 0.29) is 6.61 Å². The molecule has 3 aromatic rings. The Kier molecular flexibility index (Phi) is 4.86. The van der Waals surface area contributed by atoms with Crippen molar-refractivity contribution in [3.8, 4) is 5.75 Å². The second-order valence-corrected chi connectivity index (χ2v) is 5.27. The third kappa shape index (κ3) is 4.19. The van der Waals surface area contributed by atoms with E-state index in [0.717, 1.165) is 6.42 Å². The molecule has 0 atom stereocenters. The van der Waals surface area contributed by atoms with Crippen molar-refractivity contribution in [2.45, 2.75) is 19.4 Å². The SMILES string of the molecule is NC(=O)c1ccc(OCc2nc(CCc3ccccc3)no2)cc1. The van der Waals surface area contributed by atoms with Crippen LogP contribution in [0.1, 0.15) is 27.6 Å². The van der Waals surface area contributed by atoms with Crippen LogP contribution in [0.25, 0.3) is 0 Å². The van der Waals surface area contributed by atoms with E-state index in [0.29, 0.717) is 29.4 Å². The van der Waals surface area contributed by atoms with E-state index in [1.807, 2.05) is 18.2 Å². The first kappa shape index (κ1) is 15.7. The van der Waals surface area contributed by atoms with Gasteiger partial charge in [0.2, 0.25) is 5.91 Å². The molecule has 122 valence electrons. The van der Waals surface area contributed by atoms with Gasteiger partial charge in [0.15, 0.2) is 12.4 Å². The average Bonchev–Trinajstić information content (AvgIpc) is 3.07. The maximum atomic E-state index is 11.0. The summed E-state index contributed by atoms with van der Waals surface area (Å²) in [5, 5.41) is 3.95. The molecule has 1 aromatic heterocycles. The van der Waals surface area contributed by atoms with Gasteiger partial charge in [0.1, 0.15) is 5.75 Å². The van der Waals surface area contributed by atoms with Crippen LogP contribution in [-0.2, 0) is 19.4 Å². The second kappa shape index (κ2) is 7.41. The number of primary amides is 1. The molecule has 0 spiro atoms. The number of hydrogen-bond donors (Lipinski definition) is 1. The lowest BCUT2D eigenvalue weighted by Gasteiger charge is -2.03. The number of carbonyl (C=O) groups is 1. The van der Waals surface area contributed by atoms with Crippen molar-refractivity contribution in [3.05, 3.63) is 77.4 Å². The minimum Gasteiger partial charge on any atom is -0.484 e. The molecular formula is C18H17N3O3. The van der Waals surface area contributed by atoms with Crippen LogP contribution in [0, 0.1) is 0 Å². The number of amides is 1. The largest absolute Gasteiger partial charge is 0.484 e. The van der Waals surface area contributed by atoms with Crippen LogP contribution < -0.4 is 10.5 Å². The van der Waals surface area contributed by atoms with Gasteiger partial charge in [-0.1, -0.05) is 35.5 Å². The topological polar surface area (TPSA) is 91.2 Å². The summed E-state index contributed by atoms with van der Waals surface area (Å²) in [4.78, 5) is 15.3. The fourth-order valence-electron chi connectivity index (χ4n) is 2.21. The van der Waals surface area contributed by atoms with E-state index in [4.69, 9.17) is 15.0 Å². The summed E-state index contributed by atoms with van der Waals surface area (Å²) in [5.41, 5.74) is 6.85. The van der Waals surface area contributed by atoms with Gasteiger partial charge in [-0.25, -0.2) is 0 Å². The summed E-state index contributed by atoms with van der Waals surface area (Å²) in [6.07, 6.45) is 1.57. The van der Waals surface area contributed by atoms with E-state index in [2.05, 4.69) is 22.3 Å². The molecule has 2 N–H and O–H groups in total. The van der Waals surface area contributed by atoms with Crippen molar-refractivity contribution in [2.75, 3.05) is 0 Å². The molecule has 1 amide bonds. The highest BCUT2D eigenvalue weighted by atomic mass is 16.5. The predicted molar refractivity (Wildman–Crippen MR) is 87.4 cm³/mol. The number of benzene rings is 2. The molecule has 0 aliphatic rings. The minimum absolute atomic E-state index is 0.175. The zero-order valence-corrected chi connectivity index (χ0v) is 13.0. The Morgan fingerprint density at radius 2 is 1.79 bits per heavy atom. The third-order valence-corrected chi connectivity index (χ3v) is 3.49.